The summed E-state index contributed by atoms with van der Waals surface area (Å²) in [7, 11) is 5.95. The van der Waals surface area contributed by atoms with Gasteiger partial charge in [-0.3, -0.25) is 15.0 Å². The Labute approximate surface area is 195 Å². The molecule has 1 aromatic heterocycles. The lowest BCUT2D eigenvalue weighted by molar-refractivity contribution is 0.100. The van der Waals surface area contributed by atoms with E-state index in [9.17, 15) is 9.59 Å². The third-order valence-electron chi connectivity index (χ3n) is 5.26. The molecule has 4 rings (SSSR count). The van der Waals surface area contributed by atoms with Gasteiger partial charge in [-0.05, 0) is 36.4 Å². The number of ether oxygens (including phenoxy) is 4. The van der Waals surface area contributed by atoms with Crippen LogP contribution in [-0.4, -0.2) is 44.0 Å². The Morgan fingerprint density at radius 1 is 0.824 bits per heavy atom. The molecule has 4 aromatic rings. The summed E-state index contributed by atoms with van der Waals surface area (Å²) in [4.78, 5) is 31.3. The monoisotopic (exact) mass is 461 g/mol. The number of para-hydroxylation sites is 2. The van der Waals surface area contributed by atoms with Gasteiger partial charge < -0.3 is 18.9 Å². The number of carbonyl (C=O) groups excluding carboxylic acids is 1. The predicted octanol–water partition coefficient (Wildman–Crippen LogP) is 3.48. The molecule has 0 radical (unpaired) electrons. The Balaban J connectivity index is 1.95. The number of aromatic nitrogens is 2. The lowest BCUT2D eigenvalue weighted by atomic mass is 10.1. The van der Waals surface area contributed by atoms with E-state index in [1.54, 1.807) is 60.7 Å². The van der Waals surface area contributed by atoms with Crippen LogP contribution in [0.5, 0.6) is 23.0 Å². The number of nitrogens with zero attached hydrogens (tertiary/aromatic N) is 2. The van der Waals surface area contributed by atoms with E-state index in [0.717, 1.165) is 4.68 Å². The van der Waals surface area contributed by atoms with E-state index in [-0.39, 0.29) is 11.4 Å². The first-order chi connectivity index (χ1) is 16.5. The Morgan fingerprint density at radius 2 is 1.44 bits per heavy atom. The van der Waals surface area contributed by atoms with Crippen molar-refractivity contribution in [2.45, 2.75) is 0 Å². The maximum Gasteiger partial charge on any atom is 0.280 e. The zero-order valence-electron chi connectivity index (χ0n) is 19.1. The summed E-state index contributed by atoms with van der Waals surface area (Å²) in [5.41, 5.74) is 3.43. The molecule has 0 atom stereocenters. The summed E-state index contributed by atoms with van der Waals surface area (Å²) < 4.78 is 22.7. The minimum atomic E-state index is -0.537. The Kier molecular flexibility index (Phi) is 6.35. The van der Waals surface area contributed by atoms with Crippen LogP contribution in [0.2, 0.25) is 0 Å². The summed E-state index contributed by atoms with van der Waals surface area (Å²) >= 11 is 0. The molecule has 0 aliphatic heterocycles. The Morgan fingerprint density at radius 3 is 2.09 bits per heavy atom. The molecule has 174 valence electrons. The lowest BCUT2D eigenvalue weighted by Crippen LogP contribution is -2.35. The number of amides is 1. The lowest BCUT2D eigenvalue weighted by Gasteiger charge is -2.18. The maximum absolute atomic E-state index is 13.5. The van der Waals surface area contributed by atoms with Gasteiger partial charge in [0.05, 0.1) is 44.9 Å². The number of carbonyl (C=O) groups is 1. The molecule has 0 bridgehead atoms. The molecule has 0 unspecified atom stereocenters. The van der Waals surface area contributed by atoms with Gasteiger partial charge in [0.1, 0.15) is 5.75 Å². The van der Waals surface area contributed by atoms with Crippen molar-refractivity contribution in [2.24, 2.45) is 0 Å². The summed E-state index contributed by atoms with van der Waals surface area (Å²) in [5.74, 6) is 1.16. The number of fused-ring (bicyclic) bond motifs is 1. The minimum Gasteiger partial charge on any atom is -0.496 e. The smallest absolute Gasteiger partial charge is 0.280 e. The van der Waals surface area contributed by atoms with Crippen molar-refractivity contribution >= 4 is 16.8 Å². The molecule has 0 fully saturated rings. The van der Waals surface area contributed by atoms with Crippen molar-refractivity contribution in [1.29, 1.82) is 0 Å². The van der Waals surface area contributed by atoms with Crippen molar-refractivity contribution < 1.29 is 23.7 Å². The molecular weight excluding hydrogens is 438 g/mol. The van der Waals surface area contributed by atoms with Crippen LogP contribution in [-0.2, 0) is 0 Å². The highest BCUT2D eigenvalue weighted by Crippen LogP contribution is 2.40. The molecule has 1 amide bonds. The first-order valence-corrected chi connectivity index (χ1v) is 10.3. The van der Waals surface area contributed by atoms with Crippen LogP contribution >= 0.6 is 0 Å². The van der Waals surface area contributed by atoms with E-state index < -0.39 is 11.5 Å². The standard InChI is InChI=1S/C25H23N3O6/c1-31-19-12-8-6-10-17(19)24(29)27-28-23(26-18-11-7-5-9-16(18)25(28)30)15-13-20(32-2)22(34-4)21(14-15)33-3/h5-14H,1-4H3,(H,27,29). The SMILES string of the molecule is COc1ccccc1C(=O)Nn1c(-c2cc(OC)c(OC)c(OC)c2)nc2ccccc2c1=O. The third kappa shape index (κ3) is 3.99. The molecular formula is C25H23N3O6. The number of hydrogen-bond acceptors (Lipinski definition) is 7. The molecule has 1 N–H and O–H groups in total. The fraction of sp³-hybridized carbons (Fsp3) is 0.160. The molecule has 0 aliphatic rings. The quantitative estimate of drug-likeness (QED) is 0.450. The second kappa shape index (κ2) is 9.53. The summed E-state index contributed by atoms with van der Waals surface area (Å²) in [6, 6.07) is 16.9. The molecule has 0 saturated heterocycles. The zero-order valence-corrected chi connectivity index (χ0v) is 19.1. The first-order valence-electron chi connectivity index (χ1n) is 10.3. The molecule has 3 aromatic carbocycles. The van der Waals surface area contributed by atoms with Gasteiger partial charge in [0.2, 0.25) is 5.75 Å². The maximum atomic E-state index is 13.5. The topological polar surface area (TPSA) is 101 Å². The predicted molar refractivity (Wildman–Crippen MR) is 128 cm³/mol. The van der Waals surface area contributed by atoms with Crippen LogP contribution in [0.15, 0.2) is 65.5 Å². The normalized spacial score (nSPS) is 10.6. The van der Waals surface area contributed by atoms with Gasteiger partial charge in [-0.1, -0.05) is 24.3 Å². The highest BCUT2D eigenvalue weighted by Gasteiger charge is 2.21. The molecule has 9 heteroatoms. The fourth-order valence-electron chi connectivity index (χ4n) is 3.63. The highest BCUT2D eigenvalue weighted by atomic mass is 16.5. The minimum absolute atomic E-state index is 0.186. The molecule has 9 nitrogen and oxygen atoms in total. The first kappa shape index (κ1) is 22.7. The van der Waals surface area contributed by atoms with Crippen molar-refractivity contribution in [3.05, 3.63) is 76.6 Å². The third-order valence-corrected chi connectivity index (χ3v) is 5.26. The van der Waals surface area contributed by atoms with Gasteiger partial charge in [-0.15, -0.1) is 0 Å². The second-order valence-corrected chi connectivity index (χ2v) is 7.15. The summed E-state index contributed by atoms with van der Waals surface area (Å²) in [6.45, 7) is 0. The van der Waals surface area contributed by atoms with Crippen LogP contribution in [0.4, 0.5) is 0 Å². The number of benzene rings is 3. The van der Waals surface area contributed by atoms with E-state index in [1.165, 1.54) is 28.4 Å². The number of hydrogen-bond donors (Lipinski definition) is 1. The van der Waals surface area contributed by atoms with Crippen LogP contribution in [0, 0.1) is 0 Å². The summed E-state index contributed by atoms with van der Waals surface area (Å²) in [5, 5.41) is 0.346. The van der Waals surface area contributed by atoms with Gasteiger partial charge in [0, 0.05) is 5.56 Å². The van der Waals surface area contributed by atoms with Gasteiger partial charge in [0.15, 0.2) is 17.3 Å². The van der Waals surface area contributed by atoms with E-state index in [4.69, 9.17) is 18.9 Å². The second-order valence-electron chi connectivity index (χ2n) is 7.15. The fourth-order valence-corrected chi connectivity index (χ4v) is 3.63. The number of methoxy groups -OCH3 is 4. The van der Waals surface area contributed by atoms with Crippen molar-refractivity contribution in [1.82, 2.24) is 9.66 Å². The summed E-state index contributed by atoms with van der Waals surface area (Å²) in [6.07, 6.45) is 0. The Bertz CT molecular complexity index is 1410. The van der Waals surface area contributed by atoms with Gasteiger partial charge in [0.25, 0.3) is 11.5 Å². The Hall–Kier alpha value is -4.53. The number of nitrogens with one attached hydrogen (secondary N) is 1. The van der Waals surface area contributed by atoms with Gasteiger partial charge in [-0.25, -0.2) is 4.98 Å². The van der Waals surface area contributed by atoms with Crippen LogP contribution in [0.1, 0.15) is 10.4 Å². The molecule has 0 spiro atoms. The van der Waals surface area contributed by atoms with Crippen molar-refractivity contribution in [3.8, 4) is 34.4 Å². The molecule has 0 saturated carbocycles. The van der Waals surface area contributed by atoms with E-state index >= 15 is 0 Å². The molecule has 1 heterocycles. The average molecular weight is 461 g/mol. The van der Waals surface area contributed by atoms with E-state index in [2.05, 4.69) is 10.4 Å². The van der Waals surface area contributed by atoms with E-state index in [1.807, 2.05) is 0 Å². The van der Waals surface area contributed by atoms with Crippen LogP contribution in [0.25, 0.3) is 22.3 Å². The molecule has 34 heavy (non-hydrogen) atoms. The highest BCUT2D eigenvalue weighted by molar-refractivity contribution is 6.02. The average Bonchev–Trinajstić information content (AvgIpc) is 2.89. The van der Waals surface area contributed by atoms with Gasteiger partial charge >= 0.3 is 0 Å². The largest absolute Gasteiger partial charge is 0.496 e. The number of rotatable bonds is 7. The molecule has 0 aliphatic carbocycles. The van der Waals surface area contributed by atoms with Crippen LogP contribution in [0.3, 0.4) is 0 Å². The van der Waals surface area contributed by atoms with Crippen molar-refractivity contribution in [2.75, 3.05) is 33.9 Å². The van der Waals surface area contributed by atoms with E-state index in [0.29, 0.717) is 39.5 Å². The van der Waals surface area contributed by atoms with Crippen molar-refractivity contribution in [3.63, 3.8) is 0 Å². The zero-order chi connectivity index (χ0) is 24.2. The van der Waals surface area contributed by atoms with Gasteiger partial charge in [-0.2, -0.15) is 4.68 Å². The van der Waals surface area contributed by atoms with Crippen LogP contribution < -0.4 is 29.9 Å².